The largest absolute Gasteiger partial charge is 0.417 e. The van der Waals surface area contributed by atoms with Crippen LogP contribution in [0, 0.1) is 16.7 Å². The van der Waals surface area contributed by atoms with Crippen molar-refractivity contribution in [2.24, 2.45) is 16.7 Å². The fourth-order valence-electron chi connectivity index (χ4n) is 5.99. The van der Waals surface area contributed by atoms with Crippen molar-refractivity contribution in [2.45, 2.75) is 68.9 Å². The van der Waals surface area contributed by atoms with Crippen LogP contribution in [-0.2, 0) is 20.9 Å². The maximum absolute atomic E-state index is 14.0. The van der Waals surface area contributed by atoms with E-state index >= 15 is 0 Å². The van der Waals surface area contributed by atoms with Gasteiger partial charge in [0.05, 0.1) is 5.56 Å². The van der Waals surface area contributed by atoms with E-state index in [4.69, 9.17) is 4.74 Å². The van der Waals surface area contributed by atoms with Gasteiger partial charge in [0.15, 0.2) is 0 Å². The number of aliphatic hydroxyl groups excluding tert-OH is 1. The van der Waals surface area contributed by atoms with Crippen LogP contribution in [0.5, 0.6) is 0 Å². The Morgan fingerprint density at radius 2 is 1.89 bits per heavy atom. The van der Waals surface area contributed by atoms with E-state index in [-0.39, 0.29) is 35.7 Å². The van der Waals surface area contributed by atoms with Gasteiger partial charge in [0.1, 0.15) is 10.7 Å². The van der Waals surface area contributed by atoms with Crippen LogP contribution in [0.3, 0.4) is 0 Å². The Hall–Kier alpha value is -1.43. The summed E-state index contributed by atoms with van der Waals surface area (Å²) in [5.74, 6) is 0.412. The number of aliphatic hydroxyl groups is 1. The van der Waals surface area contributed by atoms with Gasteiger partial charge < -0.3 is 14.7 Å². The molecule has 1 saturated heterocycles. The zero-order valence-corrected chi connectivity index (χ0v) is 21.1. The molecule has 2 saturated carbocycles. The highest BCUT2D eigenvalue weighted by atomic mass is 32.2. The van der Waals surface area contributed by atoms with Gasteiger partial charge in [0.2, 0.25) is 10.0 Å². The molecule has 1 atom stereocenters. The normalized spacial score (nSPS) is 24.0. The van der Waals surface area contributed by atoms with E-state index in [1.807, 2.05) is 0 Å². The lowest BCUT2D eigenvalue weighted by Crippen LogP contribution is -2.40. The molecule has 7 nitrogen and oxygen atoms in total. The molecule has 1 spiro atoms. The molecule has 1 aliphatic heterocycles. The number of hydrogen-bond donors (Lipinski definition) is 2. The summed E-state index contributed by atoms with van der Waals surface area (Å²) in [5, 5.41) is 9.40. The zero-order valence-electron chi connectivity index (χ0n) is 20.2. The Morgan fingerprint density at radius 3 is 2.46 bits per heavy atom. The molecule has 0 amide bonds. The summed E-state index contributed by atoms with van der Waals surface area (Å²) in [4.78, 5) is 5.09. The van der Waals surface area contributed by atoms with Crippen LogP contribution in [0.4, 0.5) is 19.0 Å². The molecule has 2 N–H and O–H groups in total. The van der Waals surface area contributed by atoms with Gasteiger partial charge in [-0.1, -0.05) is 19.3 Å². The quantitative estimate of drug-likeness (QED) is 0.513. The molecule has 2 aliphatic carbocycles. The van der Waals surface area contributed by atoms with Crippen LogP contribution in [0.15, 0.2) is 17.2 Å². The van der Waals surface area contributed by atoms with Gasteiger partial charge in [0, 0.05) is 46.2 Å². The Balaban J connectivity index is 1.52. The molecule has 0 radical (unpaired) electrons. The number of anilines is 1. The SMILES string of the molecule is COCCC1(CNS(=O)(=O)c2cnc(N3CCC4(CC3)CC4CO)cc2C(F)(F)F)CCCCC1. The number of halogens is 3. The molecule has 3 aliphatic rings. The third kappa shape index (κ3) is 5.78. The molecule has 1 aromatic rings. The third-order valence-electron chi connectivity index (χ3n) is 8.50. The average Bonchev–Trinajstić information content (AvgIpc) is 3.53. The van der Waals surface area contributed by atoms with Gasteiger partial charge in [-0.15, -0.1) is 0 Å². The zero-order chi connectivity index (χ0) is 25.3. The number of hydrogen-bond acceptors (Lipinski definition) is 6. The molecule has 2 heterocycles. The number of nitrogens with one attached hydrogen (secondary N) is 1. The number of sulfonamides is 1. The van der Waals surface area contributed by atoms with Crippen LogP contribution in [0.2, 0.25) is 0 Å². The van der Waals surface area contributed by atoms with E-state index in [9.17, 15) is 26.7 Å². The Morgan fingerprint density at radius 1 is 1.20 bits per heavy atom. The summed E-state index contributed by atoms with van der Waals surface area (Å²) < 4.78 is 75.9. The Bertz CT molecular complexity index is 988. The van der Waals surface area contributed by atoms with Gasteiger partial charge >= 0.3 is 6.18 Å². The first-order valence-corrected chi connectivity index (χ1v) is 13.9. The molecule has 1 aromatic heterocycles. The summed E-state index contributed by atoms with van der Waals surface area (Å²) in [6.07, 6.45) is 3.82. The third-order valence-corrected chi connectivity index (χ3v) is 9.93. The van der Waals surface area contributed by atoms with E-state index in [0.29, 0.717) is 26.1 Å². The summed E-state index contributed by atoms with van der Waals surface area (Å²) in [5.41, 5.74) is -1.40. The minimum atomic E-state index is -4.84. The van der Waals surface area contributed by atoms with E-state index < -0.39 is 26.7 Å². The standard InChI is InChI=1S/C24H36F3N3O4S/c1-34-12-9-22(5-3-2-4-6-22)17-29-35(32,33)20-15-28-21(13-19(20)24(25,26)27)30-10-7-23(8-11-30)14-18(23)16-31/h13,15,18,29,31H,2-12,14,16-17H2,1H3. The van der Waals surface area contributed by atoms with Crippen molar-refractivity contribution in [2.75, 3.05) is 44.9 Å². The second-order valence-corrected chi connectivity index (χ2v) is 12.3. The van der Waals surface area contributed by atoms with E-state index in [0.717, 1.165) is 63.6 Å². The van der Waals surface area contributed by atoms with Crippen molar-refractivity contribution in [1.82, 2.24) is 9.71 Å². The van der Waals surface area contributed by atoms with Crippen molar-refractivity contribution in [3.63, 3.8) is 0 Å². The number of pyridine rings is 1. The fraction of sp³-hybridized carbons (Fsp3) is 0.792. The summed E-state index contributed by atoms with van der Waals surface area (Å²) >= 11 is 0. The molecular formula is C24H36F3N3O4S. The lowest BCUT2D eigenvalue weighted by atomic mass is 9.72. The molecule has 0 bridgehead atoms. The van der Waals surface area contributed by atoms with Crippen LogP contribution in [0.1, 0.15) is 63.4 Å². The highest BCUT2D eigenvalue weighted by molar-refractivity contribution is 7.89. The summed E-state index contributed by atoms with van der Waals surface area (Å²) in [7, 11) is -2.84. The van der Waals surface area contributed by atoms with Gasteiger partial charge in [-0.05, 0) is 61.3 Å². The van der Waals surface area contributed by atoms with Crippen LogP contribution >= 0.6 is 0 Å². The van der Waals surface area contributed by atoms with Gasteiger partial charge in [-0.3, -0.25) is 0 Å². The lowest BCUT2D eigenvalue weighted by Gasteiger charge is -2.37. The van der Waals surface area contributed by atoms with Crippen molar-refractivity contribution >= 4 is 15.8 Å². The van der Waals surface area contributed by atoms with Gasteiger partial charge in [0.25, 0.3) is 0 Å². The smallest absolute Gasteiger partial charge is 0.396 e. The van der Waals surface area contributed by atoms with Crippen molar-refractivity contribution in [3.8, 4) is 0 Å². The van der Waals surface area contributed by atoms with Crippen molar-refractivity contribution in [3.05, 3.63) is 17.8 Å². The first-order valence-electron chi connectivity index (χ1n) is 12.5. The number of piperidine rings is 1. The van der Waals surface area contributed by atoms with Gasteiger partial charge in [-0.25, -0.2) is 18.1 Å². The van der Waals surface area contributed by atoms with Crippen LogP contribution in [-0.4, -0.2) is 58.5 Å². The average molecular weight is 520 g/mol. The minimum absolute atomic E-state index is 0.0813. The second-order valence-electron chi connectivity index (χ2n) is 10.6. The topological polar surface area (TPSA) is 91.8 Å². The van der Waals surface area contributed by atoms with E-state index in [1.165, 1.54) is 0 Å². The second kappa shape index (κ2) is 10.1. The van der Waals surface area contributed by atoms with E-state index in [2.05, 4.69) is 9.71 Å². The molecular weight excluding hydrogens is 483 g/mol. The Kier molecular flexibility index (Phi) is 7.72. The van der Waals surface area contributed by atoms with Gasteiger partial charge in [-0.2, -0.15) is 13.2 Å². The maximum atomic E-state index is 14.0. The maximum Gasteiger partial charge on any atom is 0.417 e. The van der Waals surface area contributed by atoms with Crippen LogP contribution in [0.25, 0.3) is 0 Å². The molecule has 198 valence electrons. The number of methoxy groups -OCH3 is 1. The Labute approximate surface area is 205 Å². The molecule has 35 heavy (non-hydrogen) atoms. The highest BCUT2D eigenvalue weighted by Crippen LogP contribution is 2.59. The van der Waals surface area contributed by atoms with Crippen molar-refractivity contribution in [1.29, 1.82) is 0 Å². The fourth-order valence-corrected chi connectivity index (χ4v) is 7.29. The number of rotatable bonds is 9. The first-order chi connectivity index (χ1) is 16.5. The predicted octanol–water partition coefficient (Wildman–Crippen LogP) is 3.96. The molecule has 11 heteroatoms. The van der Waals surface area contributed by atoms with Crippen molar-refractivity contribution < 1.29 is 31.4 Å². The highest BCUT2D eigenvalue weighted by Gasteiger charge is 2.54. The molecule has 1 unspecified atom stereocenters. The predicted molar refractivity (Wildman–Crippen MR) is 126 cm³/mol. The van der Waals surface area contributed by atoms with Crippen LogP contribution < -0.4 is 9.62 Å². The number of alkyl halides is 3. The molecule has 4 rings (SSSR count). The number of ether oxygens (including phenoxy) is 1. The summed E-state index contributed by atoms with van der Waals surface area (Å²) in [6.45, 7) is 1.77. The minimum Gasteiger partial charge on any atom is -0.396 e. The monoisotopic (exact) mass is 519 g/mol. The first kappa shape index (κ1) is 26.6. The molecule has 3 fully saturated rings. The van der Waals surface area contributed by atoms with E-state index in [1.54, 1.807) is 12.0 Å². The summed E-state index contributed by atoms with van der Waals surface area (Å²) in [6, 6.07) is 0.865. The number of nitrogens with zero attached hydrogens (tertiary/aromatic N) is 2. The number of aromatic nitrogens is 1. The molecule has 0 aromatic carbocycles. The lowest BCUT2D eigenvalue weighted by molar-refractivity contribution is -0.139.